The SMILES string of the molecule is CCc1cc(C)c(C(=O)NC[C@H]2CCO[C@@H]2C(C)(C)C)o1. The highest BCUT2D eigenvalue weighted by Gasteiger charge is 2.37. The lowest BCUT2D eigenvalue weighted by molar-refractivity contribution is 0.00731. The highest BCUT2D eigenvalue weighted by atomic mass is 16.5. The molecule has 1 amide bonds. The number of rotatable bonds is 4. The molecule has 118 valence electrons. The lowest BCUT2D eigenvalue weighted by Gasteiger charge is -2.31. The quantitative estimate of drug-likeness (QED) is 0.926. The van der Waals surface area contributed by atoms with Crippen molar-refractivity contribution in [2.45, 2.75) is 53.6 Å². The summed E-state index contributed by atoms with van der Waals surface area (Å²) in [6, 6.07) is 1.94. The monoisotopic (exact) mass is 293 g/mol. The van der Waals surface area contributed by atoms with Gasteiger partial charge in [0.05, 0.1) is 6.10 Å². The summed E-state index contributed by atoms with van der Waals surface area (Å²) < 4.78 is 11.4. The molecule has 0 aromatic carbocycles. The van der Waals surface area contributed by atoms with Gasteiger partial charge in [-0.1, -0.05) is 27.7 Å². The van der Waals surface area contributed by atoms with E-state index in [9.17, 15) is 4.79 Å². The maximum atomic E-state index is 12.3. The summed E-state index contributed by atoms with van der Waals surface area (Å²) in [5, 5.41) is 3.01. The zero-order chi connectivity index (χ0) is 15.6. The van der Waals surface area contributed by atoms with Crippen molar-refractivity contribution in [2.24, 2.45) is 11.3 Å². The fraction of sp³-hybridized carbons (Fsp3) is 0.706. The summed E-state index contributed by atoms with van der Waals surface area (Å²) in [5.74, 6) is 1.55. The Morgan fingerprint density at radius 2 is 2.14 bits per heavy atom. The van der Waals surface area contributed by atoms with Crippen LogP contribution >= 0.6 is 0 Å². The molecule has 0 saturated carbocycles. The Bertz CT molecular complexity index is 499. The third kappa shape index (κ3) is 3.67. The number of hydrogen-bond acceptors (Lipinski definition) is 3. The van der Waals surface area contributed by atoms with Crippen LogP contribution in [-0.2, 0) is 11.2 Å². The van der Waals surface area contributed by atoms with E-state index < -0.39 is 0 Å². The van der Waals surface area contributed by atoms with Gasteiger partial charge in [-0.15, -0.1) is 0 Å². The normalized spacial score (nSPS) is 22.5. The molecule has 0 aliphatic carbocycles. The van der Waals surface area contributed by atoms with Crippen molar-refractivity contribution in [2.75, 3.05) is 13.2 Å². The molecule has 1 fully saturated rings. The summed E-state index contributed by atoms with van der Waals surface area (Å²) in [6.45, 7) is 11.9. The maximum Gasteiger partial charge on any atom is 0.287 e. The van der Waals surface area contributed by atoms with Gasteiger partial charge in [-0.2, -0.15) is 0 Å². The van der Waals surface area contributed by atoms with Gasteiger partial charge in [0.2, 0.25) is 0 Å². The van der Waals surface area contributed by atoms with Crippen LogP contribution in [0.4, 0.5) is 0 Å². The summed E-state index contributed by atoms with van der Waals surface area (Å²) in [5.41, 5.74) is 1.00. The average molecular weight is 293 g/mol. The lowest BCUT2D eigenvalue weighted by Crippen LogP contribution is -2.38. The molecule has 1 aromatic rings. The molecule has 0 radical (unpaired) electrons. The summed E-state index contributed by atoms with van der Waals surface area (Å²) in [4.78, 5) is 12.3. The van der Waals surface area contributed by atoms with E-state index in [1.54, 1.807) is 0 Å². The maximum absolute atomic E-state index is 12.3. The van der Waals surface area contributed by atoms with Gasteiger partial charge < -0.3 is 14.5 Å². The highest BCUT2D eigenvalue weighted by molar-refractivity contribution is 5.92. The van der Waals surface area contributed by atoms with Crippen molar-refractivity contribution in [3.63, 3.8) is 0 Å². The van der Waals surface area contributed by atoms with Gasteiger partial charge in [0.15, 0.2) is 5.76 Å². The van der Waals surface area contributed by atoms with Crippen LogP contribution in [0.3, 0.4) is 0 Å². The largest absolute Gasteiger partial charge is 0.456 e. The minimum Gasteiger partial charge on any atom is -0.456 e. The molecule has 1 aromatic heterocycles. The fourth-order valence-electron chi connectivity index (χ4n) is 3.05. The minimum atomic E-state index is -0.119. The topological polar surface area (TPSA) is 51.5 Å². The van der Waals surface area contributed by atoms with E-state index in [1.165, 1.54) is 0 Å². The predicted octanol–water partition coefficient (Wildman–Crippen LogP) is 3.33. The lowest BCUT2D eigenvalue weighted by atomic mass is 9.81. The first kappa shape index (κ1) is 16.1. The number of carbonyl (C=O) groups is 1. The van der Waals surface area contributed by atoms with Crippen molar-refractivity contribution >= 4 is 5.91 Å². The molecule has 2 heterocycles. The highest BCUT2D eigenvalue weighted by Crippen LogP contribution is 2.34. The Balaban J connectivity index is 1.96. The smallest absolute Gasteiger partial charge is 0.287 e. The number of carbonyl (C=O) groups excluding carboxylic acids is 1. The average Bonchev–Trinajstić information content (AvgIpc) is 3.01. The molecular formula is C17H27NO3. The van der Waals surface area contributed by atoms with Crippen LogP contribution in [0.1, 0.15) is 56.0 Å². The minimum absolute atomic E-state index is 0.0991. The first-order chi connectivity index (χ1) is 9.82. The number of nitrogens with one attached hydrogen (secondary N) is 1. The van der Waals surface area contributed by atoms with Crippen molar-refractivity contribution in [3.05, 3.63) is 23.2 Å². The number of aryl methyl sites for hydroxylation is 2. The number of amides is 1. The van der Waals surface area contributed by atoms with Gasteiger partial charge in [-0.25, -0.2) is 0 Å². The van der Waals surface area contributed by atoms with Crippen molar-refractivity contribution < 1.29 is 13.9 Å². The number of ether oxygens (including phenoxy) is 1. The van der Waals surface area contributed by atoms with Gasteiger partial charge in [0.1, 0.15) is 5.76 Å². The molecule has 1 saturated heterocycles. The molecule has 1 N–H and O–H groups in total. The van der Waals surface area contributed by atoms with E-state index in [-0.39, 0.29) is 17.4 Å². The zero-order valence-electron chi connectivity index (χ0n) is 13.8. The predicted molar refractivity (Wildman–Crippen MR) is 82.5 cm³/mol. The standard InChI is InChI=1S/C17H27NO3/c1-6-13-9-11(2)14(21-13)16(19)18-10-12-7-8-20-15(12)17(3,4)5/h9,12,15H,6-8,10H2,1-5H3,(H,18,19)/t12-,15+/m1/s1. The zero-order valence-corrected chi connectivity index (χ0v) is 13.8. The molecular weight excluding hydrogens is 266 g/mol. The van der Waals surface area contributed by atoms with Crippen molar-refractivity contribution in [1.29, 1.82) is 0 Å². The molecule has 0 spiro atoms. The Morgan fingerprint density at radius 1 is 1.43 bits per heavy atom. The van der Waals surface area contributed by atoms with E-state index in [0.717, 1.165) is 30.8 Å². The summed E-state index contributed by atoms with van der Waals surface area (Å²) >= 11 is 0. The number of hydrogen-bond donors (Lipinski definition) is 1. The van der Waals surface area contributed by atoms with Crippen LogP contribution < -0.4 is 5.32 Å². The van der Waals surface area contributed by atoms with Gasteiger partial charge in [-0.05, 0) is 24.8 Å². The van der Waals surface area contributed by atoms with Gasteiger partial charge >= 0.3 is 0 Å². The van der Waals surface area contributed by atoms with Crippen LogP contribution in [0, 0.1) is 18.3 Å². The first-order valence-electron chi connectivity index (χ1n) is 7.82. The van der Waals surface area contributed by atoms with Gasteiger partial charge in [0, 0.05) is 31.1 Å². The molecule has 4 heteroatoms. The molecule has 2 rings (SSSR count). The first-order valence-corrected chi connectivity index (χ1v) is 7.82. The fourth-order valence-corrected chi connectivity index (χ4v) is 3.05. The molecule has 1 aliphatic heterocycles. The van der Waals surface area contributed by atoms with E-state index in [4.69, 9.17) is 9.15 Å². The second-order valence-corrected chi connectivity index (χ2v) is 6.99. The number of furan rings is 1. The van der Waals surface area contributed by atoms with Crippen LogP contribution in [0.5, 0.6) is 0 Å². The second kappa shape index (κ2) is 6.22. The van der Waals surface area contributed by atoms with E-state index >= 15 is 0 Å². The Morgan fingerprint density at radius 3 is 2.71 bits per heavy atom. The van der Waals surface area contributed by atoms with Crippen LogP contribution in [0.2, 0.25) is 0 Å². The Labute approximate surface area is 127 Å². The molecule has 2 atom stereocenters. The van der Waals surface area contributed by atoms with E-state index in [0.29, 0.717) is 18.2 Å². The van der Waals surface area contributed by atoms with Gasteiger partial charge in [-0.3, -0.25) is 4.79 Å². The van der Waals surface area contributed by atoms with E-state index in [1.807, 2.05) is 19.9 Å². The Kier molecular flexibility index (Phi) is 4.77. The molecule has 4 nitrogen and oxygen atoms in total. The third-order valence-corrected chi connectivity index (χ3v) is 4.12. The summed E-state index contributed by atoms with van der Waals surface area (Å²) in [6.07, 6.45) is 2.00. The van der Waals surface area contributed by atoms with E-state index in [2.05, 4.69) is 26.1 Å². The second-order valence-electron chi connectivity index (χ2n) is 6.99. The molecule has 0 bridgehead atoms. The molecule has 1 aliphatic rings. The van der Waals surface area contributed by atoms with Crippen LogP contribution in [0.25, 0.3) is 0 Å². The van der Waals surface area contributed by atoms with Crippen molar-refractivity contribution in [1.82, 2.24) is 5.32 Å². The van der Waals surface area contributed by atoms with Gasteiger partial charge in [0.25, 0.3) is 5.91 Å². The van der Waals surface area contributed by atoms with Crippen molar-refractivity contribution in [3.8, 4) is 0 Å². The van der Waals surface area contributed by atoms with Crippen LogP contribution in [-0.4, -0.2) is 25.2 Å². The summed E-state index contributed by atoms with van der Waals surface area (Å²) in [7, 11) is 0. The van der Waals surface area contributed by atoms with Crippen LogP contribution in [0.15, 0.2) is 10.5 Å². The molecule has 0 unspecified atom stereocenters. The Hall–Kier alpha value is -1.29. The molecule has 21 heavy (non-hydrogen) atoms. The third-order valence-electron chi connectivity index (χ3n) is 4.12.